The molecule has 0 amide bonds. The zero-order valence-corrected chi connectivity index (χ0v) is 12.6. The standard InChI is InChI=1S/C11H19ClN4O2S/c1-3-11(14,4-2)7-16-19(17,18)9-5-8(12)6-15-10(9)13/h5-6,16H,3-4,7,14H2,1-2H3,(H2,13,15). The van der Waals surface area contributed by atoms with Gasteiger partial charge in [0.15, 0.2) is 0 Å². The predicted molar refractivity (Wildman–Crippen MR) is 76.3 cm³/mol. The molecule has 108 valence electrons. The van der Waals surface area contributed by atoms with Gasteiger partial charge in [-0.2, -0.15) is 0 Å². The van der Waals surface area contributed by atoms with E-state index in [9.17, 15) is 8.42 Å². The van der Waals surface area contributed by atoms with Crippen molar-refractivity contribution in [3.63, 3.8) is 0 Å². The molecule has 0 saturated heterocycles. The van der Waals surface area contributed by atoms with Crippen LogP contribution < -0.4 is 16.2 Å². The molecule has 1 aromatic rings. The van der Waals surface area contributed by atoms with Crippen LogP contribution in [0.15, 0.2) is 17.2 Å². The third-order valence-electron chi connectivity index (χ3n) is 3.16. The molecule has 0 aliphatic rings. The third kappa shape index (κ3) is 4.04. The molecule has 19 heavy (non-hydrogen) atoms. The number of anilines is 1. The number of hydrogen-bond donors (Lipinski definition) is 3. The number of sulfonamides is 1. The molecule has 6 nitrogen and oxygen atoms in total. The van der Waals surface area contributed by atoms with Crippen LogP contribution in [-0.2, 0) is 10.0 Å². The summed E-state index contributed by atoms with van der Waals surface area (Å²) in [6.07, 6.45) is 2.62. The highest BCUT2D eigenvalue weighted by molar-refractivity contribution is 7.89. The van der Waals surface area contributed by atoms with Crippen molar-refractivity contribution in [2.75, 3.05) is 12.3 Å². The Morgan fingerprint density at radius 3 is 2.53 bits per heavy atom. The fourth-order valence-electron chi connectivity index (χ4n) is 1.46. The van der Waals surface area contributed by atoms with E-state index in [0.29, 0.717) is 12.8 Å². The number of nitrogens with one attached hydrogen (secondary N) is 1. The molecular weight excluding hydrogens is 288 g/mol. The summed E-state index contributed by atoms with van der Waals surface area (Å²) in [7, 11) is -3.77. The molecule has 0 aliphatic heterocycles. The Bertz CT molecular complexity index is 544. The summed E-state index contributed by atoms with van der Waals surface area (Å²) in [4.78, 5) is 3.60. The lowest BCUT2D eigenvalue weighted by molar-refractivity contribution is 0.392. The molecule has 1 rings (SSSR count). The molecule has 0 fully saturated rings. The van der Waals surface area contributed by atoms with E-state index >= 15 is 0 Å². The van der Waals surface area contributed by atoms with Crippen molar-refractivity contribution in [3.8, 4) is 0 Å². The van der Waals surface area contributed by atoms with Crippen LogP contribution in [-0.4, -0.2) is 25.5 Å². The predicted octanol–water partition coefficient (Wildman–Crippen LogP) is 1.11. The van der Waals surface area contributed by atoms with Crippen LogP contribution in [0, 0.1) is 0 Å². The Labute approximate surface area is 118 Å². The number of aromatic nitrogens is 1. The topological polar surface area (TPSA) is 111 Å². The van der Waals surface area contributed by atoms with Gasteiger partial charge in [-0.1, -0.05) is 25.4 Å². The monoisotopic (exact) mass is 306 g/mol. The molecule has 0 saturated carbocycles. The van der Waals surface area contributed by atoms with Crippen LogP contribution in [0.3, 0.4) is 0 Å². The van der Waals surface area contributed by atoms with E-state index in [1.165, 1.54) is 12.3 Å². The van der Waals surface area contributed by atoms with Crippen molar-refractivity contribution in [1.29, 1.82) is 0 Å². The van der Waals surface area contributed by atoms with Gasteiger partial charge >= 0.3 is 0 Å². The molecular formula is C11H19ClN4O2S. The van der Waals surface area contributed by atoms with Crippen LogP contribution in [0.4, 0.5) is 5.82 Å². The Kier molecular flexibility index (Phi) is 5.14. The van der Waals surface area contributed by atoms with Gasteiger partial charge in [0.05, 0.1) is 5.02 Å². The van der Waals surface area contributed by atoms with Crippen LogP contribution >= 0.6 is 11.6 Å². The first-order valence-electron chi connectivity index (χ1n) is 5.93. The summed E-state index contributed by atoms with van der Waals surface area (Å²) in [5, 5.41) is 0.208. The number of nitrogens with zero attached hydrogens (tertiary/aromatic N) is 1. The van der Waals surface area contributed by atoms with E-state index in [0.717, 1.165) is 0 Å². The molecule has 0 aliphatic carbocycles. The molecule has 5 N–H and O–H groups in total. The van der Waals surface area contributed by atoms with Crippen molar-refractivity contribution in [1.82, 2.24) is 9.71 Å². The van der Waals surface area contributed by atoms with Crippen molar-refractivity contribution in [2.45, 2.75) is 37.1 Å². The van der Waals surface area contributed by atoms with Gasteiger partial charge in [-0.05, 0) is 18.9 Å². The summed E-state index contributed by atoms with van der Waals surface area (Å²) in [5.74, 6) is -0.0903. The molecule has 0 atom stereocenters. The zero-order valence-electron chi connectivity index (χ0n) is 11.0. The van der Waals surface area contributed by atoms with Gasteiger partial charge < -0.3 is 11.5 Å². The van der Waals surface area contributed by atoms with Crippen molar-refractivity contribution in [2.24, 2.45) is 5.73 Å². The lowest BCUT2D eigenvalue weighted by Gasteiger charge is -2.26. The number of nitrogens with two attached hydrogens (primary N) is 2. The number of pyridine rings is 1. The second kappa shape index (κ2) is 6.04. The number of nitrogen functional groups attached to an aromatic ring is 1. The summed E-state index contributed by atoms with van der Waals surface area (Å²) in [5.41, 5.74) is 11.0. The van der Waals surface area contributed by atoms with E-state index in [1.54, 1.807) is 0 Å². The summed E-state index contributed by atoms with van der Waals surface area (Å²) in [6.45, 7) is 3.95. The van der Waals surface area contributed by atoms with Crippen molar-refractivity contribution in [3.05, 3.63) is 17.3 Å². The average molecular weight is 307 g/mol. The average Bonchev–Trinajstić information content (AvgIpc) is 2.39. The normalized spacial score (nSPS) is 12.6. The second-order valence-electron chi connectivity index (χ2n) is 4.43. The Morgan fingerprint density at radius 2 is 2.00 bits per heavy atom. The summed E-state index contributed by atoms with van der Waals surface area (Å²) >= 11 is 5.73. The molecule has 1 aromatic heterocycles. The minimum absolute atomic E-state index is 0.0903. The summed E-state index contributed by atoms with van der Waals surface area (Å²) < 4.78 is 26.7. The maximum atomic E-state index is 12.1. The molecule has 0 radical (unpaired) electrons. The first-order valence-corrected chi connectivity index (χ1v) is 7.80. The maximum absolute atomic E-state index is 12.1. The van der Waals surface area contributed by atoms with Gasteiger partial charge in [0.1, 0.15) is 10.7 Å². The molecule has 1 heterocycles. The number of halogens is 1. The number of rotatable bonds is 6. The van der Waals surface area contributed by atoms with Crippen LogP contribution in [0.5, 0.6) is 0 Å². The van der Waals surface area contributed by atoms with Crippen molar-refractivity contribution < 1.29 is 8.42 Å². The Hall–Kier alpha value is -0.890. The lowest BCUT2D eigenvalue weighted by atomic mass is 9.95. The van der Waals surface area contributed by atoms with Gasteiger partial charge in [0.2, 0.25) is 10.0 Å². The van der Waals surface area contributed by atoms with E-state index < -0.39 is 15.6 Å². The first-order chi connectivity index (χ1) is 8.74. The van der Waals surface area contributed by atoms with Crippen molar-refractivity contribution >= 4 is 27.4 Å². The first kappa shape index (κ1) is 16.2. The highest BCUT2D eigenvalue weighted by atomic mass is 35.5. The quantitative estimate of drug-likeness (QED) is 0.729. The fourth-order valence-corrected chi connectivity index (χ4v) is 2.93. The van der Waals surface area contributed by atoms with Crippen LogP contribution in [0.2, 0.25) is 5.02 Å². The van der Waals surface area contributed by atoms with Crippen LogP contribution in [0.25, 0.3) is 0 Å². The van der Waals surface area contributed by atoms with Gasteiger partial charge in [-0.25, -0.2) is 18.1 Å². The van der Waals surface area contributed by atoms with E-state index in [-0.39, 0.29) is 22.3 Å². The lowest BCUT2D eigenvalue weighted by Crippen LogP contribution is -2.49. The Balaban J connectivity index is 2.96. The van der Waals surface area contributed by atoms with Gasteiger partial charge in [0, 0.05) is 18.3 Å². The van der Waals surface area contributed by atoms with E-state index in [2.05, 4.69) is 9.71 Å². The van der Waals surface area contributed by atoms with Gasteiger partial charge in [0.25, 0.3) is 0 Å². The largest absolute Gasteiger partial charge is 0.383 e. The fraction of sp³-hybridized carbons (Fsp3) is 0.545. The summed E-state index contributed by atoms with van der Waals surface area (Å²) in [6, 6.07) is 1.27. The van der Waals surface area contributed by atoms with E-state index in [1.807, 2.05) is 13.8 Å². The molecule has 0 aromatic carbocycles. The molecule has 0 unspecified atom stereocenters. The maximum Gasteiger partial charge on any atom is 0.244 e. The minimum atomic E-state index is -3.77. The highest BCUT2D eigenvalue weighted by Crippen LogP contribution is 2.20. The van der Waals surface area contributed by atoms with E-state index in [4.69, 9.17) is 23.1 Å². The molecule has 8 heteroatoms. The highest BCUT2D eigenvalue weighted by Gasteiger charge is 2.25. The second-order valence-corrected chi connectivity index (χ2v) is 6.60. The molecule has 0 spiro atoms. The number of hydrogen-bond acceptors (Lipinski definition) is 5. The smallest absolute Gasteiger partial charge is 0.244 e. The minimum Gasteiger partial charge on any atom is -0.383 e. The van der Waals surface area contributed by atoms with Gasteiger partial charge in [-0.15, -0.1) is 0 Å². The third-order valence-corrected chi connectivity index (χ3v) is 4.80. The Morgan fingerprint density at radius 1 is 1.42 bits per heavy atom. The van der Waals surface area contributed by atoms with Gasteiger partial charge in [-0.3, -0.25) is 0 Å². The SMILES string of the molecule is CCC(N)(CC)CNS(=O)(=O)c1cc(Cl)cnc1N. The zero-order chi connectivity index (χ0) is 14.7. The molecule has 0 bridgehead atoms. The van der Waals surface area contributed by atoms with Crippen LogP contribution in [0.1, 0.15) is 26.7 Å².